The standard InChI is InChI=1S/C14H11Br3N2O2/c1-20-12-5-10(17)13(6-9(12)16)21-11-4-7(15)2-3-8(11)14(18)19/h2-6H,1H3,(H3,18,19). The van der Waals surface area contributed by atoms with E-state index < -0.39 is 0 Å². The molecule has 0 saturated heterocycles. The van der Waals surface area contributed by atoms with Crippen LogP contribution in [-0.2, 0) is 0 Å². The van der Waals surface area contributed by atoms with Gasteiger partial charge in [0.2, 0.25) is 0 Å². The average Bonchev–Trinajstić information content (AvgIpc) is 2.42. The molecule has 0 radical (unpaired) electrons. The topological polar surface area (TPSA) is 68.3 Å². The average molecular weight is 479 g/mol. The van der Waals surface area contributed by atoms with E-state index in [2.05, 4.69) is 47.8 Å². The van der Waals surface area contributed by atoms with E-state index in [1.807, 2.05) is 6.07 Å². The second-order valence-corrected chi connectivity index (χ2v) is 6.70. The first-order chi connectivity index (χ1) is 9.92. The Morgan fingerprint density at radius 3 is 2.24 bits per heavy atom. The minimum absolute atomic E-state index is 0.0544. The van der Waals surface area contributed by atoms with Crippen molar-refractivity contribution in [2.45, 2.75) is 0 Å². The van der Waals surface area contributed by atoms with Gasteiger partial charge in [-0.3, -0.25) is 5.41 Å². The Balaban J connectivity index is 2.45. The summed E-state index contributed by atoms with van der Waals surface area (Å²) >= 11 is 10.2. The summed E-state index contributed by atoms with van der Waals surface area (Å²) < 4.78 is 13.4. The maximum Gasteiger partial charge on any atom is 0.143 e. The number of nitrogens with one attached hydrogen (secondary N) is 1. The predicted molar refractivity (Wildman–Crippen MR) is 93.6 cm³/mol. The van der Waals surface area contributed by atoms with Crippen LogP contribution in [0.2, 0.25) is 0 Å². The highest BCUT2D eigenvalue weighted by molar-refractivity contribution is 9.11. The quantitative estimate of drug-likeness (QED) is 0.477. The third-order valence-corrected chi connectivity index (χ3v) is 4.39. The molecule has 0 heterocycles. The van der Waals surface area contributed by atoms with Crippen LogP contribution < -0.4 is 15.2 Å². The number of benzene rings is 2. The summed E-state index contributed by atoms with van der Waals surface area (Å²) in [6, 6.07) is 8.89. The van der Waals surface area contributed by atoms with Crippen molar-refractivity contribution in [3.63, 3.8) is 0 Å². The number of halogens is 3. The Morgan fingerprint density at radius 1 is 1.00 bits per heavy atom. The van der Waals surface area contributed by atoms with E-state index in [0.29, 0.717) is 22.8 Å². The van der Waals surface area contributed by atoms with Gasteiger partial charge in [-0.15, -0.1) is 0 Å². The Labute approximate surface area is 147 Å². The lowest BCUT2D eigenvalue weighted by atomic mass is 10.2. The molecule has 0 amide bonds. The Morgan fingerprint density at radius 2 is 1.62 bits per heavy atom. The Bertz CT molecular complexity index is 705. The molecule has 0 aromatic heterocycles. The van der Waals surface area contributed by atoms with Crippen molar-refractivity contribution in [2.24, 2.45) is 5.73 Å². The summed E-state index contributed by atoms with van der Waals surface area (Å²) in [5.74, 6) is 1.72. The van der Waals surface area contributed by atoms with Crippen LogP contribution >= 0.6 is 47.8 Å². The molecule has 2 aromatic carbocycles. The van der Waals surface area contributed by atoms with Crippen LogP contribution in [0.4, 0.5) is 0 Å². The largest absolute Gasteiger partial charge is 0.496 e. The molecule has 0 unspecified atom stereocenters. The van der Waals surface area contributed by atoms with Gasteiger partial charge in [-0.05, 0) is 62.2 Å². The maximum atomic E-state index is 7.61. The molecule has 7 heteroatoms. The summed E-state index contributed by atoms with van der Waals surface area (Å²) in [5.41, 5.74) is 6.10. The Hall–Kier alpha value is -1.05. The van der Waals surface area contributed by atoms with Gasteiger partial charge < -0.3 is 15.2 Å². The Kier molecular flexibility index (Phi) is 5.29. The molecule has 0 spiro atoms. The summed E-state index contributed by atoms with van der Waals surface area (Å²) in [6.45, 7) is 0. The molecule has 0 atom stereocenters. The van der Waals surface area contributed by atoms with E-state index in [4.69, 9.17) is 20.6 Å². The number of methoxy groups -OCH3 is 1. The lowest BCUT2D eigenvalue weighted by molar-refractivity contribution is 0.409. The number of nitrogen functional groups attached to an aromatic ring is 1. The zero-order valence-corrected chi connectivity index (χ0v) is 15.7. The molecule has 2 aromatic rings. The first-order valence-electron chi connectivity index (χ1n) is 5.77. The van der Waals surface area contributed by atoms with Gasteiger partial charge in [0.1, 0.15) is 23.1 Å². The lowest BCUT2D eigenvalue weighted by Crippen LogP contribution is -2.12. The third kappa shape index (κ3) is 3.78. The number of ether oxygens (including phenoxy) is 2. The molecule has 0 aliphatic rings. The molecule has 0 aliphatic heterocycles. The van der Waals surface area contributed by atoms with Crippen LogP contribution in [0.25, 0.3) is 0 Å². The van der Waals surface area contributed by atoms with Gasteiger partial charge in [0.25, 0.3) is 0 Å². The number of nitrogens with two attached hydrogens (primary N) is 1. The summed E-state index contributed by atoms with van der Waals surface area (Å²) in [7, 11) is 1.59. The van der Waals surface area contributed by atoms with Gasteiger partial charge in [0.15, 0.2) is 0 Å². The molecular formula is C14H11Br3N2O2. The minimum atomic E-state index is -0.0544. The number of hydrogen-bond acceptors (Lipinski definition) is 3. The van der Waals surface area contributed by atoms with Crippen LogP contribution in [0.15, 0.2) is 43.7 Å². The van der Waals surface area contributed by atoms with Crippen molar-refractivity contribution in [3.8, 4) is 17.2 Å². The highest BCUT2D eigenvalue weighted by atomic mass is 79.9. The lowest BCUT2D eigenvalue weighted by Gasteiger charge is -2.13. The monoisotopic (exact) mass is 476 g/mol. The van der Waals surface area contributed by atoms with Crippen molar-refractivity contribution < 1.29 is 9.47 Å². The van der Waals surface area contributed by atoms with Crippen molar-refractivity contribution >= 4 is 53.6 Å². The summed E-state index contributed by atoms with van der Waals surface area (Å²) in [4.78, 5) is 0. The molecule has 0 fully saturated rings. The van der Waals surface area contributed by atoms with E-state index in [0.717, 1.165) is 13.4 Å². The fraction of sp³-hybridized carbons (Fsp3) is 0.0714. The van der Waals surface area contributed by atoms with Gasteiger partial charge >= 0.3 is 0 Å². The molecule has 2 rings (SSSR count). The molecular weight excluding hydrogens is 468 g/mol. The van der Waals surface area contributed by atoms with E-state index in [1.54, 1.807) is 31.4 Å². The summed E-state index contributed by atoms with van der Waals surface area (Å²) in [6.07, 6.45) is 0. The molecule has 4 nitrogen and oxygen atoms in total. The second-order valence-electron chi connectivity index (χ2n) is 4.07. The van der Waals surface area contributed by atoms with E-state index in [1.165, 1.54) is 0 Å². The SMILES string of the molecule is COc1cc(Br)c(Oc2cc(Br)ccc2C(=N)N)cc1Br. The fourth-order valence-electron chi connectivity index (χ4n) is 1.67. The molecule has 0 bridgehead atoms. The molecule has 110 valence electrons. The van der Waals surface area contributed by atoms with Crippen molar-refractivity contribution in [1.29, 1.82) is 5.41 Å². The number of rotatable bonds is 4. The number of hydrogen-bond donors (Lipinski definition) is 2. The zero-order valence-electron chi connectivity index (χ0n) is 10.9. The summed E-state index contributed by atoms with van der Waals surface area (Å²) in [5, 5.41) is 7.61. The molecule has 21 heavy (non-hydrogen) atoms. The number of amidine groups is 1. The zero-order chi connectivity index (χ0) is 15.6. The van der Waals surface area contributed by atoms with E-state index >= 15 is 0 Å². The van der Waals surface area contributed by atoms with Crippen LogP contribution in [-0.4, -0.2) is 12.9 Å². The molecule has 0 aliphatic carbocycles. The van der Waals surface area contributed by atoms with Gasteiger partial charge in [0.05, 0.1) is 21.6 Å². The fourth-order valence-corrected chi connectivity index (χ4v) is 2.89. The first-order valence-corrected chi connectivity index (χ1v) is 8.15. The van der Waals surface area contributed by atoms with Crippen LogP contribution in [0.3, 0.4) is 0 Å². The second kappa shape index (κ2) is 6.81. The minimum Gasteiger partial charge on any atom is -0.496 e. The van der Waals surface area contributed by atoms with Gasteiger partial charge in [-0.2, -0.15) is 0 Å². The highest BCUT2D eigenvalue weighted by Gasteiger charge is 2.13. The van der Waals surface area contributed by atoms with E-state index in [9.17, 15) is 0 Å². The molecule has 0 saturated carbocycles. The van der Waals surface area contributed by atoms with Gasteiger partial charge in [-0.1, -0.05) is 15.9 Å². The van der Waals surface area contributed by atoms with Gasteiger partial charge in [-0.25, -0.2) is 0 Å². The van der Waals surface area contributed by atoms with Crippen LogP contribution in [0, 0.1) is 5.41 Å². The van der Waals surface area contributed by atoms with Gasteiger partial charge in [0, 0.05) is 4.47 Å². The van der Waals surface area contributed by atoms with E-state index in [-0.39, 0.29) is 5.84 Å². The predicted octanol–water partition coefficient (Wildman–Crippen LogP) is 5.06. The van der Waals surface area contributed by atoms with Crippen LogP contribution in [0.1, 0.15) is 5.56 Å². The normalized spacial score (nSPS) is 10.3. The first kappa shape index (κ1) is 16.3. The smallest absolute Gasteiger partial charge is 0.143 e. The highest BCUT2D eigenvalue weighted by Crippen LogP contribution is 2.39. The maximum absolute atomic E-state index is 7.61. The van der Waals surface area contributed by atoms with Crippen LogP contribution in [0.5, 0.6) is 17.2 Å². The molecule has 3 N–H and O–H groups in total. The van der Waals surface area contributed by atoms with Crippen molar-refractivity contribution in [2.75, 3.05) is 7.11 Å². The van der Waals surface area contributed by atoms with Crippen molar-refractivity contribution in [3.05, 3.63) is 49.3 Å². The third-order valence-electron chi connectivity index (χ3n) is 2.66. The van der Waals surface area contributed by atoms with Crippen molar-refractivity contribution in [1.82, 2.24) is 0 Å².